The van der Waals surface area contributed by atoms with E-state index in [2.05, 4.69) is 19.1 Å². The second kappa shape index (κ2) is 7.64. The van der Waals surface area contributed by atoms with Gasteiger partial charge >= 0.3 is 0 Å². The summed E-state index contributed by atoms with van der Waals surface area (Å²) in [6.07, 6.45) is 1.17. The van der Waals surface area contributed by atoms with E-state index >= 15 is 0 Å². The molecule has 2 rings (SSSR count). The van der Waals surface area contributed by atoms with Crippen molar-refractivity contribution in [3.8, 4) is 11.5 Å². The summed E-state index contributed by atoms with van der Waals surface area (Å²) in [6.45, 7) is 4.15. The zero-order valence-corrected chi connectivity index (χ0v) is 13.4. The second-order valence-corrected chi connectivity index (χ2v) is 5.43. The highest BCUT2D eigenvalue weighted by atomic mass is 16.5. The number of hydrogen-bond donors (Lipinski definition) is 0. The molecule has 0 unspecified atom stereocenters. The fourth-order valence-electron chi connectivity index (χ4n) is 2.35. The predicted molar refractivity (Wildman–Crippen MR) is 87.5 cm³/mol. The smallest absolute Gasteiger partial charge is 0.164 e. The molecular formula is C19H22O3. The predicted octanol–water partition coefficient (Wildman–Crippen LogP) is 4.10. The third-order valence-corrected chi connectivity index (χ3v) is 3.49. The normalized spacial score (nSPS) is 10.3. The van der Waals surface area contributed by atoms with Crippen molar-refractivity contribution < 1.29 is 14.3 Å². The lowest BCUT2D eigenvalue weighted by atomic mass is 10.1. The first-order valence-corrected chi connectivity index (χ1v) is 7.44. The highest BCUT2D eigenvalue weighted by Crippen LogP contribution is 2.32. The zero-order chi connectivity index (χ0) is 15.9. The van der Waals surface area contributed by atoms with Gasteiger partial charge in [0.1, 0.15) is 12.4 Å². The molecular weight excluding hydrogens is 276 g/mol. The Morgan fingerprint density at radius 1 is 1.14 bits per heavy atom. The molecule has 0 aromatic heterocycles. The van der Waals surface area contributed by atoms with E-state index in [4.69, 9.17) is 9.47 Å². The van der Waals surface area contributed by atoms with E-state index in [1.165, 1.54) is 5.56 Å². The third kappa shape index (κ3) is 4.35. The number of Topliss-reactive ketones (excluding diaryl/α,β-unsaturated/α-hetero) is 1. The van der Waals surface area contributed by atoms with E-state index < -0.39 is 0 Å². The van der Waals surface area contributed by atoms with Gasteiger partial charge in [-0.1, -0.05) is 42.0 Å². The number of hydrogen-bond acceptors (Lipinski definition) is 3. The molecule has 2 aromatic rings. The number of carbonyl (C=O) groups excluding carboxylic acids is 1. The van der Waals surface area contributed by atoms with Crippen molar-refractivity contribution in [1.29, 1.82) is 0 Å². The van der Waals surface area contributed by atoms with Crippen LogP contribution >= 0.6 is 0 Å². The molecule has 0 saturated heterocycles. The Morgan fingerprint density at radius 2 is 1.91 bits per heavy atom. The maximum Gasteiger partial charge on any atom is 0.164 e. The minimum Gasteiger partial charge on any atom is -0.493 e. The van der Waals surface area contributed by atoms with Gasteiger partial charge in [0.05, 0.1) is 7.11 Å². The average Bonchev–Trinajstić information content (AvgIpc) is 2.51. The Labute approximate surface area is 131 Å². The van der Waals surface area contributed by atoms with Crippen LogP contribution < -0.4 is 9.47 Å². The summed E-state index contributed by atoms with van der Waals surface area (Å²) in [4.78, 5) is 11.2. The van der Waals surface area contributed by atoms with Gasteiger partial charge in [0.15, 0.2) is 11.5 Å². The number of para-hydroxylation sites is 1. The number of methoxy groups -OCH3 is 1. The highest BCUT2D eigenvalue weighted by Gasteiger charge is 2.11. The maximum atomic E-state index is 11.2. The van der Waals surface area contributed by atoms with Crippen LogP contribution in [0.2, 0.25) is 0 Å². The van der Waals surface area contributed by atoms with E-state index in [0.717, 1.165) is 16.9 Å². The van der Waals surface area contributed by atoms with Crippen LogP contribution in [0.25, 0.3) is 0 Å². The summed E-state index contributed by atoms with van der Waals surface area (Å²) in [5, 5.41) is 0. The summed E-state index contributed by atoms with van der Waals surface area (Å²) >= 11 is 0. The van der Waals surface area contributed by atoms with Gasteiger partial charge in [0, 0.05) is 6.42 Å². The molecule has 0 radical (unpaired) electrons. The van der Waals surface area contributed by atoms with E-state index in [1.54, 1.807) is 14.0 Å². The Bertz CT molecular complexity index is 647. The first-order chi connectivity index (χ1) is 10.6. The Morgan fingerprint density at radius 3 is 2.59 bits per heavy atom. The van der Waals surface area contributed by atoms with E-state index in [9.17, 15) is 4.79 Å². The molecule has 22 heavy (non-hydrogen) atoms. The van der Waals surface area contributed by atoms with Crippen molar-refractivity contribution in [2.24, 2.45) is 0 Å². The van der Waals surface area contributed by atoms with Crippen molar-refractivity contribution in [2.45, 2.75) is 33.3 Å². The minimum atomic E-state index is 0.174. The Kier molecular flexibility index (Phi) is 5.59. The van der Waals surface area contributed by atoms with E-state index in [1.807, 2.05) is 30.3 Å². The quantitative estimate of drug-likeness (QED) is 0.772. The average molecular weight is 298 g/mol. The summed E-state index contributed by atoms with van der Waals surface area (Å²) in [7, 11) is 1.63. The first kappa shape index (κ1) is 16.1. The van der Waals surface area contributed by atoms with Crippen LogP contribution in [0.15, 0.2) is 42.5 Å². The topological polar surface area (TPSA) is 35.5 Å². The molecule has 0 spiro atoms. The lowest BCUT2D eigenvalue weighted by Gasteiger charge is -2.15. The van der Waals surface area contributed by atoms with Crippen LogP contribution in [0.1, 0.15) is 30.0 Å². The van der Waals surface area contributed by atoms with Crippen LogP contribution in [0.4, 0.5) is 0 Å². The van der Waals surface area contributed by atoms with Crippen molar-refractivity contribution in [3.63, 3.8) is 0 Å². The fraction of sp³-hybridized carbons (Fsp3) is 0.316. The molecule has 0 atom stereocenters. The first-order valence-electron chi connectivity index (χ1n) is 7.44. The fourth-order valence-corrected chi connectivity index (χ4v) is 2.35. The van der Waals surface area contributed by atoms with E-state index in [-0.39, 0.29) is 5.78 Å². The van der Waals surface area contributed by atoms with E-state index in [0.29, 0.717) is 25.2 Å². The molecule has 0 bridgehead atoms. The van der Waals surface area contributed by atoms with Crippen LogP contribution in [0, 0.1) is 6.92 Å². The summed E-state index contributed by atoms with van der Waals surface area (Å²) in [6, 6.07) is 14.0. The lowest BCUT2D eigenvalue weighted by Crippen LogP contribution is -2.03. The maximum absolute atomic E-state index is 11.2. The number of ketones is 1. The van der Waals surface area contributed by atoms with Crippen LogP contribution in [0.3, 0.4) is 0 Å². The molecule has 0 amide bonds. The van der Waals surface area contributed by atoms with Crippen molar-refractivity contribution in [3.05, 3.63) is 59.2 Å². The summed E-state index contributed by atoms with van der Waals surface area (Å²) < 4.78 is 11.4. The largest absolute Gasteiger partial charge is 0.493 e. The van der Waals surface area contributed by atoms with Gasteiger partial charge in [-0.2, -0.15) is 0 Å². The third-order valence-electron chi connectivity index (χ3n) is 3.49. The molecule has 116 valence electrons. The summed E-state index contributed by atoms with van der Waals surface area (Å²) in [5.41, 5.74) is 3.32. The number of aryl methyl sites for hydroxylation is 2. The molecule has 0 saturated carbocycles. The van der Waals surface area contributed by atoms with Crippen LogP contribution in [-0.4, -0.2) is 12.9 Å². The van der Waals surface area contributed by atoms with Crippen molar-refractivity contribution in [2.75, 3.05) is 7.11 Å². The molecule has 3 nitrogen and oxygen atoms in total. The molecule has 2 aromatic carbocycles. The number of benzene rings is 2. The van der Waals surface area contributed by atoms with Crippen molar-refractivity contribution in [1.82, 2.24) is 0 Å². The number of rotatable bonds is 7. The van der Waals surface area contributed by atoms with Gasteiger partial charge in [0.25, 0.3) is 0 Å². The number of carbonyl (C=O) groups is 1. The molecule has 0 fully saturated rings. The van der Waals surface area contributed by atoms with Gasteiger partial charge in [0.2, 0.25) is 0 Å². The molecule has 0 N–H and O–H groups in total. The highest BCUT2D eigenvalue weighted by molar-refractivity contribution is 5.75. The van der Waals surface area contributed by atoms with Crippen LogP contribution in [0.5, 0.6) is 11.5 Å². The molecule has 0 aliphatic rings. The molecule has 0 heterocycles. The van der Waals surface area contributed by atoms with Gasteiger partial charge in [-0.3, -0.25) is 0 Å². The zero-order valence-electron chi connectivity index (χ0n) is 13.4. The molecule has 0 aliphatic carbocycles. The number of ether oxygens (including phenoxy) is 2. The lowest BCUT2D eigenvalue weighted by molar-refractivity contribution is -0.116. The van der Waals surface area contributed by atoms with Crippen molar-refractivity contribution >= 4 is 5.78 Å². The van der Waals surface area contributed by atoms with Crippen LogP contribution in [-0.2, 0) is 17.8 Å². The molecule has 0 aliphatic heterocycles. The van der Waals surface area contributed by atoms with Gasteiger partial charge in [-0.25, -0.2) is 0 Å². The SMILES string of the molecule is COc1cccc(CCC(C)=O)c1OCc1cccc(C)c1. The minimum absolute atomic E-state index is 0.174. The van der Waals surface area contributed by atoms with Gasteiger partial charge in [-0.05, 0) is 37.5 Å². The summed E-state index contributed by atoms with van der Waals surface area (Å²) in [5.74, 6) is 1.61. The van der Waals surface area contributed by atoms with Gasteiger partial charge in [-0.15, -0.1) is 0 Å². The Balaban J connectivity index is 2.18. The molecule has 3 heteroatoms. The van der Waals surface area contributed by atoms with Gasteiger partial charge < -0.3 is 14.3 Å². The second-order valence-electron chi connectivity index (χ2n) is 5.43. The standard InChI is InChI=1S/C19H22O3/c1-14-6-4-7-16(12-14)13-22-19-17(11-10-15(2)20)8-5-9-18(19)21-3/h4-9,12H,10-11,13H2,1-3H3. The Hall–Kier alpha value is -2.29. The monoisotopic (exact) mass is 298 g/mol.